The van der Waals surface area contributed by atoms with Crippen LogP contribution in [0.4, 0.5) is 0 Å². The Labute approximate surface area is 368 Å². The van der Waals surface area contributed by atoms with Crippen LogP contribution in [0.5, 0.6) is 0 Å². The maximum atomic E-state index is 12.7. The molecule has 0 aliphatic rings. The van der Waals surface area contributed by atoms with Crippen molar-refractivity contribution in [2.45, 2.75) is 309 Å². The van der Waals surface area contributed by atoms with Crippen LogP contribution in [0.1, 0.15) is 303 Å². The summed E-state index contributed by atoms with van der Waals surface area (Å²) in [5.41, 5.74) is 0. The van der Waals surface area contributed by atoms with Crippen molar-refractivity contribution in [1.82, 2.24) is 0 Å². The summed E-state index contributed by atoms with van der Waals surface area (Å²) in [5, 5.41) is 0. The summed E-state index contributed by atoms with van der Waals surface area (Å²) in [6.45, 7) is 6.63. The first-order chi connectivity index (χ1) is 29.0. The predicted octanol–water partition coefficient (Wildman–Crippen LogP) is 17.2. The van der Waals surface area contributed by atoms with E-state index in [1.54, 1.807) is 0 Å². The molecule has 59 heavy (non-hydrogen) atoms. The number of esters is 3. The molecule has 0 fully saturated rings. The Morgan fingerprint density at radius 1 is 0.271 bits per heavy atom. The van der Waals surface area contributed by atoms with Gasteiger partial charge in [-0.25, -0.2) is 0 Å². The van der Waals surface area contributed by atoms with Crippen molar-refractivity contribution in [2.75, 3.05) is 13.2 Å². The van der Waals surface area contributed by atoms with E-state index in [1.807, 2.05) is 0 Å². The molecule has 0 aliphatic carbocycles. The molecule has 0 bridgehead atoms. The van der Waals surface area contributed by atoms with Gasteiger partial charge < -0.3 is 14.2 Å². The van der Waals surface area contributed by atoms with E-state index in [4.69, 9.17) is 14.2 Å². The zero-order chi connectivity index (χ0) is 43.0. The number of carbonyl (C=O) groups is 3. The van der Waals surface area contributed by atoms with E-state index in [0.717, 1.165) is 57.8 Å². The van der Waals surface area contributed by atoms with Crippen LogP contribution in [0.2, 0.25) is 0 Å². The normalized spacial score (nSPS) is 11.8. The third kappa shape index (κ3) is 47.3. The molecule has 0 heterocycles. The number of hydrogen-bond donors (Lipinski definition) is 0. The molecular formula is C53H102O6. The van der Waals surface area contributed by atoms with Crippen LogP contribution in [-0.2, 0) is 28.6 Å². The molecule has 0 amide bonds. The molecular weight excluding hydrogens is 733 g/mol. The van der Waals surface area contributed by atoms with Crippen LogP contribution >= 0.6 is 0 Å². The Bertz CT molecular complexity index is 874. The van der Waals surface area contributed by atoms with E-state index in [9.17, 15) is 14.4 Å². The first-order valence-corrected chi connectivity index (χ1v) is 26.5. The molecule has 0 radical (unpaired) electrons. The highest BCUT2D eigenvalue weighted by atomic mass is 16.6. The lowest BCUT2D eigenvalue weighted by atomic mass is 10.0. The van der Waals surface area contributed by atoms with E-state index in [1.165, 1.54) is 205 Å². The van der Waals surface area contributed by atoms with Gasteiger partial charge in [0.1, 0.15) is 13.2 Å². The Morgan fingerprint density at radius 2 is 0.458 bits per heavy atom. The average molecular weight is 835 g/mol. The van der Waals surface area contributed by atoms with Gasteiger partial charge >= 0.3 is 17.9 Å². The maximum absolute atomic E-state index is 12.7. The first kappa shape index (κ1) is 57.4. The monoisotopic (exact) mass is 835 g/mol. The third-order valence-electron chi connectivity index (χ3n) is 12.1. The number of unbranched alkanes of at least 4 members (excludes halogenated alkanes) is 38. The largest absolute Gasteiger partial charge is 0.462 e. The van der Waals surface area contributed by atoms with Gasteiger partial charge in [0.15, 0.2) is 6.10 Å². The minimum absolute atomic E-state index is 0.0628. The van der Waals surface area contributed by atoms with Gasteiger partial charge in [0, 0.05) is 19.3 Å². The van der Waals surface area contributed by atoms with Gasteiger partial charge in [-0.15, -0.1) is 0 Å². The molecule has 0 aromatic rings. The molecule has 0 saturated carbocycles. The Kier molecular flexibility index (Phi) is 47.7. The van der Waals surface area contributed by atoms with E-state index >= 15 is 0 Å². The molecule has 0 rings (SSSR count). The smallest absolute Gasteiger partial charge is 0.306 e. The average Bonchev–Trinajstić information content (AvgIpc) is 3.23. The van der Waals surface area contributed by atoms with Gasteiger partial charge in [0.2, 0.25) is 0 Å². The highest BCUT2D eigenvalue weighted by molar-refractivity contribution is 5.71. The van der Waals surface area contributed by atoms with Crippen molar-refractivity contribution in [1.29, 1.82) is 0 Å². The van der Waals surface area contributed by atoms with Gasteiger partial charge in [-0.05, 0) is 19.3 Å². The minimum atomic E-state index is -0.758. The zero-order valence-corrected chi connectivity index (χ0v) is 40.1. The van der Waals surface area contributed by atoms with E-state index in [-0.39, 0.29) is 31.1 Å². The van der Waals surface area contributed by atoms with Gasteiger partial charge in [0.25, 0.3) is 0 Å². The summed E-state index contributed by atoms with van der Waals surface area (Å²) in [5.74, 6) is -0.853. The molecule has 0 N–H and O–H groups in total. The summed E-state index contributed by atoms with van der Waals surface area (Å²) in [7, 11) is 0. The van der Waals surface area contributed by atoms with E-state index < -0.39 is 6.10 Å². The summed E-state index contributed by atoms with van der Waals surface area (Å²) in [4.78, 5) is 37.7. The SMILES string of the molecule is CCCCCCCCCCCCCCCCCCCCCCCCCCC(=O)OCC(COC(=O)CCCCCCCCC)OC(=O)CCCCCCCCCCCC. The fraction of sp³-hybridized carbons (Fsp3) is 0.943. The number of hydrogen-bond acceptors (Lipinski definition) is 6. The molecule has 0 aromatic carbocycles. The summed E-state index contributed by atoms with van der Waals surface area (Å²) < 4.78 is 16.7. The van der Waals surface area contributed by atoms with Crippen LogP contribution in [-0.4, -0.2) is 37.2 Å². The highest BCUT2D eigenvalue weighted by Crippen LogP contribution is 2.17. The summed E-state index contributed by atoms with van der Waals surface area (Å²) in [6, 6.07) is 0. The second-order valence-corrected chi connectivity index (χ2v) is 18.2. The van der Waals surface area contributed by atoms with Crippen molar-refractivity contribution in [2.24, 2.45) is 0 Å². The van der Waals surface area contributed by atoms with E-state index in [2.05, 4.69) is 20.8 Å². The second kappa shape index (κ2) is 49.1. The zero-order valence-electron chi connectivity index (χ0n) is 40.1. The predicted molar refractivity (Wildman–Crippen MR) is 252 cm³/mol. The molecule has 0 spiro atoms. The topological polar surface area (TPSA) is 78.9 Å². The molecule has 1 unspecified atom stereocenters. The fourth-order valence-electron chi connectivity index (χ4n) is 8.09. The van der Waals surface area contributed by atoms with Gasteiger partial charge in [0.05, 0.1) is 0 Å². The van der Waals surface area contributed by atoms with Gasteiger partial charge in [-0.2, -0.15) is 0 Å². The van der Waals surface area contributed by atoms with Crippen LogP contribution in [0.15, 0.2) is 0 Å². The van der Waals surface area contributed by atoms with Crippen molar-refractivity contribution >= 4 is 17.9 Å². The van der Waals surface area contributed by atoms with Crippen molar-refractivity contribution in [3.05, 3.63) is 0 Å². The number of ether oxygens (including phenoxy) is 3. The maximum Gasteiger partial charge on any atom is 0.306 e. The second-order valence-electron chi connectivity index (χ2n) is 18.2. The molecule has 6 nitrogen and oxygen atoms in total. The van der Waals surface area contributed by atoms with Crippen LogP contribution in [0.25, 0.3) is 0 Å². The molecule has 0 saturated heterocycles. The number of rotatable bonds is 49. The minimum Gasteiger partial charge on any atom is -0.462 e. The fourth-order valence-corrected chi connectivity index (χ4v) is 8.09. The van der Waals surface area contributed by atoms with Crippen LogP contribution < -0.4 is 0 Å². The van der Waals surface area contributed by atoms with Crippen molar-refractivity contribution in [3.63, 3.8) is 0 Å². The van der Waals surface area contributed by atoms with Crippen molar-refractivity contribution in [3.8, 4) is 0 Å². The summed E-state index contributed by atoms with van der Waals surface area (Å²) >= 11 is 0. The standard InChI is InChI=1S/C53H102O6/c1-4-7-10-13-16-18-20-21-22-23-24-25-26-27-28-29-30-31-32-33-35-37-40-43-46-52(55)58-49-50(48-57-51(54)45-42-39-36-15-12-9-6-3)59-53(56)47-44-41-38-34-19-17-14-11-8-5-2/h50H,4-49H2,1-3H3. The molecule has 1 atom stereocenters. The van der Waals surface area contributed by atoms with Gasteiger partial charge in [-0.3, -0.25) is 14.4 Å². The Morgan fingerprint density at radius 3 is 0.678 bits per heavy atom. The van der Waals surface area contributed by atoms with Gasteiger partial charge in [-0.1, -0.05) is 265 Å². The van der Waals surface area contributed by atoms with E-state index in [0.29, 0.717) is 19.3 Å². The highest BCUT2D eigenvalue weighted by Gasteiger charge is 2.19. The van der Waals surface area contributed by atoms with Crippen LogP contribution in [0.3, 0.4) is 0 Å². The Balaban J connectivity index is 4.01. The molecule has 0 aromatic heterocycles. The number of carbonyl (C=O) groups excluding carboxylic acids is 3. The van der Waals surface area contributed by atoms with Crippen molar-refractivity contribution < 1.29 is 28.6 Å². The third-order valence-corrected chi connectivity index (χ3v) is 12.1. The molecule has 0 aliphatic heterocycles. The lowest BCUT2D eigenvalue weighted by Crippen LogP contribution is -2.30. The quantitative estimate of drug-likeness (QED) is 0.0345. The lowest BCUT2D eigenvalue weighted by Gasteiger charge is -2.18. The summed E-state index contributed by atoms with van der Waals surface area (Å²) in [6.07, 6.45) is 52.7. The Hall–Kier alpha value is -1.59. The molecule has 350 valence electrons. The lowest BCUT2D eigenvalue weighted by molar-refractivity contribution is -0.167. The first-order valence-electron chi connectivity index (χ1n) is 26.5. The molecule has 6 heteroatoms. The van der Waals surface area contributed by atoms with Crippen LogP contribution in [0, 0.1) is 0 Å².